The Morgan fingerprint density at radius 1 is 1.27 bits per heavy atom. The SMILES string of the molecule is CC[C@H]1O[C@@H](n2cnc3c(=O)[nH]c(NCC(C)C)nc32)C(OC(C)=O)[C@H]1OC(C)=O. The summed E-state index contributed by atoms with van der Waals surface area (Å²) in [5, 5.41) is 3.08. The molecule has 0 aromatic carbocycles. The number of anilines is 1. The lowest BCUT2D eigenvalue weighted by Crippen LogP contribution is -2.38. The first-order valence-electron chi connectivity index (χ1n) is 9.91. The van der Waals surface area contributed by atoms with Crippen LogP contribution in [0, 0.1) is 5.92 Å². The van der Waals surface area contributed by atoms with E-state index in [0.29, 0.717) is 24.8 Å². The highest BCUT2D eigenvalue weighted by Crippen LogP contribution is 2.36. The number of hydrogen-bond donors (Lipinski definition) is 2. The van der Waals surface area contributed by atoms with E-state index >= 15 is 0 Å². The third-order valence-electron chi connectivity index (χ3n) is 4.68. The second-order valence-corrected chi connectivity index (χ2v) is 7.63. The van der Waals surface area contributed by atoms with Gasteiger partial charge in [0.05, 0.1) is 6.33 Å². The minimum atomic E-state index is -0.915. The lowest BCUT2D eigenvalue weighted by atomic mass is 10.1. The quantitative estimate of drug-likeness (QED) is 0.635. The molecule has 0 radical (unpaired) electrons. The molecule has 30 heavy (non-hydrogen) atoms. The number of rotatable bonds is 7. The molecule has 0 bridgehead atoms. The molecule has 2 aromatic rings. The largest absolute Gasteiger partial charge is 0.456 e. The highest BCUT2D eigenvalue weighted by molar-refractivity contribution is 5.71. The summed E-state index contributed by atoms with van der Waals surface area (Å²) in [6.07, 6.45) is -1.14. The van der Waals surface area contributed by atoms with Gasteiger partial charge < -0.3 is 19.5 Å². The summed E-state index contributed by atoms with van der Waals surface area (Å²) in [5.41, 5.74) is -0.0136. The first-order valence-corrected chi connectivity index (χ1v) is 9.91. The molecule has 3 rings (SSSR count). The molecule has 4 atom stereocenters. The molecule has 1 aliphatic heterocycles. The average molecular weight is 421 g/mol. The van der Waals surface area contributed by atoms with Gasteiger partial charge in [-0.15, -0.1) is 0 Å². The lowest BCUT2D eigenvalue weighted by Gasteiger charge is -2.23. The zero-order valence-corrected chi connectivity index (χ0v) is 17.7. The Bertz CT molecular complexity index is 983. The van der Waals surface area contributed by atoms with Gasteiger partial charge in [-0.1, -0.05) is 20.8 Å². The number of carbonyl (C=O) groups is 2. The third-order valence-corrected chi connectivity index (χ3v) is 4.68. The van der Waals surface area contributed by atoms with Crippen molar-refractivity contribution in [3.8, 4) is 0 Å². The number of fused-ring (bicyclic) bond motifs is 1. The van der Waals surface area contributed by atoms with Gasteiger partial charge in [-0.3, -0.25) is 23.9 Å². The number of ether oxygens (including phenoxy) is 3. The number of aromatic amines is 1. The van der Waals surface area contributed by atoms with E-state index in [9.17, 15) is 14.4 Å². The van der Waals surface area contributed by atoms with Gasteiger partial charge in [0.25, 0.3) is 5.56 Å². The maximum Gasteiger partial charge on any atom is 0.303 e. The molecule has 0 amide bonds. The smallest absolute Gasteiger partial charge is 0.303 e. The fourth-order valence-electron chi connectivity index (χ4n) is 3.41. The maximum absolute atomic E-state index is 12.5. The number of carbonyl (C=O) groups excluding carboxylic acids is 2. The van der Waals surface area contributed by atoms with Gasteiger partial charge in [-0.05, 0) is 12.3 Å². The van der Waals surface area contributed by atoms with E-state index in [2.05, 4.69) is 20.3 Å². The number of nitrogens with zero attached hydrogens (tertiary/aromatic N) is 3. The van der Waals surface area contributed by atoms with E-state index in [1.807, 2.05) is 20.8 Å². The molecule has 2 N–H and O–H groups in total. The normalized spacial score (nSPS) is 23.7. The van der Waals surface area contributed by atoms with Crippen molar-refractivity contribution < 1.29 is 23.8 Å². The van der Waals surface area contributed by atoms with Crippen LogP contribution < -0.4 is 10.9 Å². The molecule has 164 valence electrons. The predicted octanol–water partition coefficient (Wildman–Crippen LogP) is 1.36. The fraction of sp³-hybridized carbons (Fsp3) is 0.632. The predicted molar refractivity (Wildman–Crippen MR) is 107 cm³/mol. The zero-order chi connectivity index (χ0) is 22.0. The molecule has 3 heterocycles. The minimum Gasteiger partial charge on any atom is -0.456 e. The zero-order valence-electron chi connectivity index (χ0n) is 17.7. The first-order chi connectivity index (χ1) is 14.2. The van der Waals surface area contributed by atoms with Gasteiger partial charge in [0.2, 0.25) is 5.95 Å². The molecule has 1 unspecified atom stereocenters. The van der Waals surface area contributed by atoms with Crippen LogP contribution in [0.3, 0.4) is 0 Å². The summed E-state index contributed by atoms with van der Waals surface area (Å²) in [6.45, 7) is 9.10. The van der Waals surface area contributed by atoms with Crippen molar-refractivity contribution in [3.63, 3.8) is 0 Å². The molecule has 0 saturated carbocycles. The van der Waals surface area contributed by atoms with Gasteiger partial charge >= 0.3 is 11.9 Å². The van der Waals surface area contributed by atoms with Crippen molar-refractivity contribution in [1.29, 1.82) is 0 Å². The summed E-state index contributed by atoms with van der Waals surface area (Å²) >= 11 is 0. The Morgan fingerprint density at radius 3 is 2.53 bits per heavy atom. The molecule has 0 spiro atoms. The standard InChI is InChI=1S/C19H27N5O6/c1-6-12-14(28-10(4)25)15(29-11(5)26)18(30-12)24-8-21-13-16(24)22-19(23-17(13)27)20-7-9(2)3/h8-9,12,14-15,18H,6-7H2,1-5H3,(H2,20,22,23,27)/t12-,14+,15?,18-/m1/s1. The highest BCUT2D eigenvalue weighted by Gasteiger charge is 2.49. The van der Waals surface area contributed by atoms with Crippen LogP contribution in [-0.2, 0) is 23.8 Å². The molecule has 2 aromatic heterocycles. The lowest BCUT2D eigenvalue weighted by molar-refractivity contribution is -0.165. The van der Waals surface area contributed by atoms with Crippen molar-refractivity contribution in [2.75, 3.05) is 11.9 Å². The molecule has 1 aliphatic rings. The second kappa shape index (κ2) is 8.82. The van der Waals surface area contributed by atoms with Crippen molar-refractivity contribution in [3.05, 3.63) is 16.7 Å². The van der Waals surface area contributed by atoms with Gasteiger partial charge in [0, 0.05) is 20.4 Å². The molecule has 11 heteroatoms. The van der Waals surface area contributed by atoms with E-state index in [1.54, 1.807) is 0 Å². The Labute approximate surface area is 173 Å². The number of nitrogens with one attached hydrogen (secondary N) is 2. The maximum atomic E-state index is 12.5. The van der Waals surface area contributed by atoms with Gasteiger partial charge in [-0.25, -0.2) is 4.98 Å². The molecule has 0 aliphatic carbocycles. The fourth-order valence-corrected chi connectivity index (χ4v) is 3.41. The summed E-state index contributed by atoms with van der Waals surface area (Å²) in [4.78, 5) is 47.1. The van der Waals surface area contributed by atoms with Gasteiger partial charge in [0.1, 0.15) is 6.10 Å². The van der Waals surface area contributed by atoms with Crippen molar-refractivity contribution in [2.45, 2.75) is 65.6 Å². The summed E-state index contributed by atoms with van der Waals surface area (Å²) in [7, 11) is 0. The van der Waals surface area contributed by atoms with Gasteiger partial charge in [-0.2, -0.15) is 4.98 Å². The van der Waals surface area contributed by atoms with E-state index < -0.39 is 42.0 Å². The number of hydrogen-bond acceptors (Lipinski definition) is 9. The van der Waals surface area contributed by atoms with Crippen LogP contribution in [0.5, 0.6) is 0 Å². The van der Waals surface area contributed by atoms with E-state index in [0.717, 1.165) is 0 Å². The molecular formula is C19H27N5O6. The van der Waals surface area contributed by atoms with E-state index in [1.165, 1.54) is 24.7 Å². The van der Waals surface area contributed by atoms with Crippen molar-refractivity contribution >= 4 is 29.1 Å². The van der Waals surface area contributed by atoms with E-state index in [-0.39, 0.29) is 11.2 Å². The number of esters is 2. The van der Waals surface area contributed by atoms with Crippen LogP contribution in [0.4, 0.5) is 5.95 Å². The van der Waals surface area contributed by atoms with Crippen LogP contribution in [0.1, 0.15) is 47.3 Å². The Kier molecular flexibility index (Phi) is 6.40. The molecule has 1 saturated heterocycles. The Morgan fingerprint density at radius 2 is 1.93 bits per heavy atom. The minimum absolute atomic E-state index is 0.124. The Balaban J connectivity index is 2.04. The molecular weight excluding hydrogens is 394 g/mol. The van der Waals surface area contributed by atoms with Crippen LogP contribution in [0.2, 0.25) is 0 Å². The number of imidazole rings is 1. The summed E-state index contributed by atoms with van der Waals surface area (Å²) < 4.78 is 18.5. The highest BCUT2D eigenvalue weighted by atomic mass is 16.6. The third kappa shape index (κ3) is 4.45. The van der Waals surface area contributed by atoms with Crippen LogP contribution in [-0.4, -0.2) is 56.3 Å². The van der Waals surface area contributed by atoms with Crippen LogP contribution in [0.15, 0.2) is 11.1 Å². The van der Waals surface area contributed by atoms with Crippen LogP contribution >= 0.6 is 0 Å². The van der Waals surface area contributed by atoms with Gasteiger partial charge in [0.15, 0.2) is 29.6 Å². The topological polar surface area (TPSA) is 137 Å². The average Bonchev–Trinajstić information content (AvgIpc) is 3.21. The summed E-state index contributed by atoms with van der Waals surface area (Å²) in [6, 6.07) is 0. The van der Waals surface area contributed by atoms with Crippen LogP contribution in [0.25, 0.3) is 11.2 Å². The van der Waals surface area contributed by atoms with E-state index in [4.69, 9.17) is 14.2 Å². The Hall–Kier alpha value is -2.95. The molecule has 1 fully saturated rings. The molecule has 11 nitrogen and oxygen atoms in total. The summed E-state index contributed by atoms with van der Waals surface area (Å²) in [5.74, 6) is -0.409. The van der Waals surface area contributed by atoms with Crippen molar-refractivity contribution in [1.82, 2.24) is 19.5 Å². The second-order valence-electron chi connectivity index (χ2n) is 7.63. The first kappa shape index (κ1) is 21.8. The number of aromatic nitrogens is 4. The monoisotopic (exact) mass is 421 g/mol. The number of H-pyrrole nitrogens is 1. The van der Waals surface area contributed by atoms with Crippen molar-refractivity contribution in [2.24, 2.45) is 5.92 Å².